The van der Waals surface area contributed by atoms with Gasteiger partial charge in [-0.05, 0) is 0 Å². The van der Waals surface area contributed by atoms with Crippen molar-refractivity contribution in [3.8, 4) is 0 Å². The minimum atomic E-state index is -0.947. The van der Waals surface area contributed by atoms with E-state index in [0.717, 1.165) is 0 Å². The first kappa shape index (κ1) is 12.5. The van der Waals surface area contributed by atoms with Crippen LogP contribution in [0.3, 0.4) is 0 Å². The molecule has 0 spiro atoms. The molecule has 0 aliphatic carbocycles. The van der Waals surface area contributed by atoms with Crippen molar-refractivity contribution in [2.75, 3.05) is 40.0 Å². The Morgan fingerprint density at radius 2 is 0.818 bits per heavy atom. The molecule has 11 heavy (non-hydrogen) atoms. The van der Waals surface area contributed by atoms with E-state index >= 15 is 0 Å². The van der Waals surface area contributed by atoms with Crippen LogP contribution in [-0.4, -0.2) is 40.0 Å². The zero-order chi connectivity index (χ0) is 9.50. The average molecular weight is 291 g/mol. The summed E-state index contributed by atoms with van der Waals surface area (Å²) in [7, 11) is 0. The fourth-order valence-electron chi connectivity index (χ4n) is 0.712. The molecule has 0 heterocycles. The van der Waals surface area contributed by atoms with E-state index in [4.69, 9.17) is 0 Å². The van der Waals surface area contributed by atoms with Gasteiger partial charge >= 0.3 is 76.2 Å². The van der Waals surface area contributed by atoms with E-state index in [1.54, 1.807) is 0 Å². The summed E-state index contributed by atoms with van der Waals surface area (Å²) in [4.78, 5) is 0. The van der Waals surface area contributed by atoms with Gasteiger partial charge in [0, 0.05) is 0 Å². The molecule has 0 unspecified atom stereocenters. The van der Waals surface area contributed by atoms with Crippen molar-refractivity contribution in [2.45, 2.75) is 10.8 Å². The van der Waals surface area contributed by atoms with Crippen molar-refractivity contribution >= 4 is 10.9 Å². The summed E-state index contributed by atoms with van der Waals surface area (Å²) in [5.41, 5.74) is -1.62. The van der Waals surface area contributed by atoms with E-state index in [0.29, 0.717) is 0 Å². The quantitative estimate of drug-likeness (QED) is 0.540. The third kappa shape index (κ3) is 2.74. The van der Waals surface area contributed by atoms with E-state index < -0.39 is 25.4 Å². The van der Waals surface area contributed by atoms with Crippen LogP contribution in [0.5, 0.6) is 0 Å². The van der Waals surface area contributed by atoms with Crippen molar-refractivity contribution in [1.82, 2.24) is 0 Å². The molecule has 3 heteroatoms. The molecular formula is C8H26P2Pd. The Balaban J connectivity index is 4.75. The van der Waals surface area contributed by atoms with Gasteiger partial charge in [-0.15, -0.1) is 0 Å². The van der Waals surface area contributed by atoms with E-state index in [1.807, 2.05) is 0 Å². The van der Waals surface area contributed by atoms with Crippen molar-refractivity contribution < 1.29 is 14.5 Å². The maximum atomic E-state index is 2.63. The van der Waals surface area contributed by atoms with Crippen LogP contribution in [0.4, 0.5) is 0 Å². The van der Waals surface area contributed by atoms with Crippen LogP contribution < -0.4 is 0 Å². The van der Waals surface area contributed by atoms with Crippen LogP contribution in [0, 0.1) is 0 Å². The fourth-order valence-corrected chi connectivity index (χ4v) is 37.9. The predicted octanol–water partition coefficient (Wildman–Crippen LogP) is 3.35. The first-order valence-electron chi connectivity index (χ1n) is 3.95. The number of hydrogen-bond donors (Lipinski definition) is 0. The molecule has 0 nitrogen and oxygen atoms in total. The van der Waals surface area contributed by atoms with Gasteiger partial charge in [-0.2, -0.15) is 0 Å². The Hall–Kier alpha value is 1.52. The number of hydrogen-bond acceptors (Lipinski definition) is 0. The van der Waals surface area contributed by atoms with Gasteiger partial charge in [0.1, 0.15) is 0 Å². The van der Waals surface area contributed by atoms with Crippen LogP contribution in [0.15, 0.2) is 0 Å². The molecule has 0 aliphatic rings. The van der Waals surface area contributed by atoms with E-state index in [-0.39, 0.29) is 0 Å². The molecule has 0 radical (unpaired) electrons. The topological polar surface area (TPSA) is 0 Å². The van der Waals surface area contributed by atoms with Crippen molar-refractivity contribution in [3.05, 3.63) is 0 Å². The molecule has 0 N–H and O–H groups in total. The summed E-state index contributed by atoms with van der Waals surface area (Å²) in [5.74, 6) is 0. The average Bonchev–Trinajstić information content (AvgIpc) is 1.58. The summed E-state index contributed by atoms with van der Waals surface area (Å²) >= 11 is -0.947. The molecule has 0 bridgehead atoms. The molecule has 0 saturated heterocycles. The monoisotopic (exact) mass is 290 g/mol. The Kier molecular flexibility index (Phi) is 3.81. The standard InChI is InChI=1S/2C3H9P.2CH3.Pd/c2*1-4(2)3;;;/h2*1-3H3;2*1H3;/q;;;;-2/p+2. The minimum absolute atomic E-state index is 0.809. The molecule has 0 aromatic carbocycles. The van der Waals surface area contributed by atoms with Crippen LogP contribution in [0.25, 0.3) is 0 Å². The van der Waals surface area contributed by atoms with Gasteiger partial charge in [0.15, 0.2) is 0 Å². The van der Waals surface area contributed by atoms with Crippen molar-refractivity contribution in [2.24, 2.45) is 0 Å². The van der Waals surface area contributed by atoms with Gasteiger partial charge in [-0.25, -0.2) is 0 Å². The molecule has 0 aromatic heterocycles. The van der Waals surface area contributed by atoms with Crippen LogP contribution >= 0.6 is 10.9 Å². The molecule has 0 aromatic rings. The molecule has 0 aliphatic heterocycles. The molecule has 0 amide bonds. The molecule has 0 fully saturated rings. The zero-order valence-corrected chi connectivity index (χ0v) is 12.9. The van der Waals surface area contributed by atoms with Gasteiger partial charge in [0.2, 0.25) is 0 Å². The van der Waals surface area contributed by atoms with Crippen LogP contribution in [0.2, 0.25) is 10.8 Å². The third-order valence-corrected chi connectivity index (χ3v) is 58.9. The summed E-state index contributed by atoms with van der Waals surface area (Å²) in [5, 5.41) is 5.26. The molecule has 0 atom stereocenters. The molecular weight excluding hydrogens is 264 g/mol. The van der Waals surface area contributed by atoms with Crippen LogP contribution in [0.1, 0.15) is 0 Å². The van der Waals surface area contributed by atoms with Gasteiger partial charge < -0.3 is 0 Å². The van der Waals surface area contributed by atoms with Gasteiger partial charge in [-0.3, -0.25) is 0 Å². The fraction of sp³-hybridized carbons (Fsp3) is 1.00. The van der Waals surface area contributed by atoms with E-state index in [2.05, 4.69) is 50.8 Å². The molecule has 0 saturated carbocycles. The Morgan fingerprint density at radius 1 is 0.636 bits per heavy atom. The number of rotatable bonds is 2. The van der Waals surface area contributed by atoms with Gasteiger partial charge in [0.05, 0.1) is 0 Å². The summed E-state index contributed by atoms with van der Waals surface area (Å²) in [6.45, 7) is 15.3. The summed E-state index contributed by atoms with van der Waals surface area (Å²) in [6.07, 6.45) is 0. The Morgan fingerprint density at radius 3 is 0.818 bits per heavy atom. The summed E-state index contributed by atoms with van der Waals surface area (Å²) in [6, 6.07) is 0. The van der Waals surface area contributed by atoms with Gasteiger partial charge in [-0.1, -0.05) is 0 Å². The molecule has 0 rings (SSSR count). The van der Waals surface area contributed by atoms with Crippen molar-refractivity contribution in [1.29, 1.82) is 0 Å². The zero-order valence-electron chi connectivity index (χ0n) is 9.32. The maximum absolute atomic E-state index is 2.63. The second kappa shape index (κ2) is 3.35. The SMILES string of the molecule is C[PH](C)(C)[Pd]([CH3])([CH3])[PH](C)(C)C. The Bertz CT molecular complexity index is 123. The predicted molar refractivity (Wildman–Crippen MR) is 63.9 cm³/mol. The van der Waals surface area contributed by atoms with Gasteiger partial charge in [0.25, 0.3) is 0 Å². The normalized spacial score (nSPS) is 19.6. The molecule has 78 valence electrons. The van der Waals surface area contributed by atoms with E-state index in [9.17, 15) is 0 Å². The second-order valence-electron chi connectivity index (χ2n) is 4.98. The van der Waals surface area contributed by atoms with Crippen molar-refractivity contribution in [3.63, 3.8) is 0 Å². The van der Waals surface area contributed by atoms with Crippen LogP contribution in [-0.2, 0) is 14.5 Å². The second-order valence-corrected chi connectivity index (χ2v) is 43.1. The summed E-state index contributed by atoms with van der Waals surface area (Å²) < 4.78 is 0. The first-order valence-corrected chi connectivity index (χ1v) is 18.4. The van der Waals surface area contributed by atoms with E-state index in [1.165, 1.54) is 0 Å². The third-order valence-electron chi connectivity index (χ3n) is 2.37. The first-order chi connectivity index (χ1) is 4.50. The Labute approximate surface area is 76.2 Å².